The number of ether oxygens (including phenoxy) is 1. The van der Waals surface area contributed by atoms with Crippen molar-refractivity contribution in [2.75, 3.05) is 19.7 Å². The van der Waals surface area contributed by atoms with E-state index in [1.807, 2.05) is 4.90 Å². The van der Waals surface area contributed by atoms with Crippen LogP contribution in [0.15, 0.2) is 28.8 Å². The monoisotopic (exact) mass is 298 g/mol. The van der Waals surface area contributed by atoms with Crippen molar-refractivity contribution >= 4 is 5.91 Å². The quantitative estimate of drug-likeness (QED) is 0.855. The second-order valence-corrected chi connectivity index (χ2v) is 6.03. The van der Waals surface area contributed by atoms with Crippen LogP contribution < -0.4 is 4.74 Å². The molecule has 0 saturated carbocycles. The van der Waals surface area contributed by atoms with Gasteiger partial charge in [-0.25, -0.2) is 0 Å². The van der Waals surface area contributed by atoms with E-state index in [2.05, 4.69) is 23.4 Å². The van der Waals surface area contributed by atoms with Gasteiger partial charge in [0.25, 0.3) is 5.91 Å². The Hall–Kier alpha value is -2.30. The van der Waals surface area contributed by atoms with Crippen molar-refractivity contribution in [3.8, 4) is 5.75 Å². The van der Waals surface area contributed by atoms with Crippen LogP contribution in [0, 0.1) is 6.92 Å². The van der Waals surface area contributed by atoms with Crippen LogP contribution in [-0.2, 0) is 6.42 Å². The fraction of sp³-hybridized carbons (Fsp3) is 0.412. The van der Waals surface area contributed by atoms with Crippen molar-refractivity contribution in [3.05, 3.63) is 46.8 Å². The molecule has 2 aromatic rings. The first-order valence-electron chi connectivity index (χ1n) is 7.69. The topological polar surface area (TPSA) is 55.6 Å². The molecule has 3 heterocycles. The van der Waals surface area contributed by atoms with E-state index < -0.39 is 0 Å². The number of hydrogen-bond donors (Lipinski definition) is 0. The fourth-order valence-corrected chi connectivity index (χ4v) is 3.31. The van der Waals surface area contributed by atoms with Crippen molar-refractivity contribution in [1.29, 1.82) is 0 Å². The molecule has 0 bridgehead atoms. The minimum atomic E-state index is -0.0381. The van der Waals surface area contributed by atoms with Crippen LogP contribution in [0.2, 0.25) is 0 Å². The molecule has 0 aliphatic carbocycles. The van der Waals surface area contributed by atoms with Crippen LogP contribution in [0.3, 0.4) is 0 Å². The highest BCUT2D eigenvalue weighted by Crippen LogP contribution is 2.33. The van der Waals surface area contributed by atoms with Crippen LogP contribution in [0.1, 0.15) is 39.7 Å². The number of amides is 1. The predicted octanol–water partition coefficient (Wildman–Crippen LogP) is 2.55. The Kier molecular flexibility index (Phi) is 3.13. The highest BCUT2D eigenvalue weighted by molar-refractivity contribution is 5.92. The molecule has 1 saturated heterocycles. The molecule has 1 atom stereocenters. The number of nitrogens with zero attached hydrogens (tertiary/aromatic N) is 2. The Labute approximate surface area is 128 Å². The zero-order valence-corrected chi connectivity index (χ0v) is 12.5. The van der Waals surface area contributed by atoms with Gasteiger partial charge in [0, 0.05) is 31.5 Å². The van der Waals surface area contributed by atoms with E-state index >= 15 is 0 Å². The summed E-state index contributed by atoms with van der Waals surface area (Å²) in [5, 5.41) is 3.82. The van der Waals surface area contributed by atoms with Crippen molar-refractivity contribution in [2.24, 2.45) is 0 Å². The SMILES string of the molecule is Cc1cc(C(=O)N2CC[C@@H](c3ccc4c(c3)CCO4)C2)no1. The van der Waals surface area contributed by atoms with Crippen molar-refractivity contribution < 1.29 is 14.1 Å². The molecule has 0 radical (unpaired) electrons. The van der Waals surface area contributed by atoms with Crippen LogP contribution >= 0.6 is 0 Å². The molecular formula is C17H18N2O3. The lowest BCUT2D eigenvalue weighted by atomic mass is 9.96. The summed E-state index contributed by atoms with van der Waals surface area (Å²) in [6.07, 6.45) is 1.97. The number of aromatic nitrogens is 1. The molecule has 0 N–H and O–H groups in total. The molecule has 114 valence electrons. The number of aryl methyl sites for hydroxylation is 1. The highest BCUT2D eigenvalue weighted by atomic mass is 16.5. The summed E-state index contributed by atoms with van der Waals surface area (Å²) in [6, 6.07) is 8.12. The molecule has 1 fully saturated rings. The van der Waals surface area contributed by atoms with Crippen LogP contribution in [0.5, 0.6) is 5.75 Å². The first kappa shape index (κ1) is 13.4. The van der Waals surface area contributed by atoms with E-state index in [9.17, 15) is 4.79 Å². The van der Waals surface area contributed by atoms with Gasteiger partial charge >= 0.3 is 0 Å². The predicted molar refractivity (Wildman–Crippen MR) is 80.1 cm³/mol. The molecule has 0 unspecified atom stereocenters. The number of carbonyl (C=O) groups excluding carboxylic acids is 1. The van der Waals surface area contributed by atoms with E-state index in [1.165, 1.54) is 11.1 Å². The summed E-state index contributed by atoms with van der Waals surface area (Å²) in [4.78, 5) is 14.3. The maximum atomic E-state index is 12.4. The van der Waals surface area contributed by atoms with Gasteiger partial charge in [-0.05, 0) is 30.5 Å². The Morgan fingerprint density at radius 1 is 1.36 bits per heavy atom. The van der Waals surface area contributed by atoms with Gasteiger partial charge in [-0.2, -0.15) is 0 Å². The second kappa shape index (κ2) is 5.16. The van der Waals surface area contributed by atoms with Crippen LogP contribution in [0.4, 0.5) is 0 Å². The molecule has 1 aromatic heterocycles. The lowest BCUT2D eigenvalue weighted by molar-refractivity contribution is 0.0780. The summed E-state index contributed by atoms with van der Waals surface area (Å²) in [5.41, 5.74) is 2.99. The molecule has 22 heavy (non-hydrogen) atoms. The number of hydrogen-bond acceptors (Lipinski definition) is 4. The van der Waals surface area contributed by atoms with Gasteiger partial charge in [-0.15, -0.1) is 0 Å². The third kappa shape index (κ3) is 2.26. The Balaban J connectivity index is 1.49. The van der Waals surface area contributed by atoms with E-state index in [-0.39, 0.29) is 5.91 Å². The van der Waals surface area contributed by atoms with E-state index in [1.54, 1.807) is 13.0 Å². The van der Waals surface area contributed by atoms with Crippen LogP contribution in [-0.4, -0.2) is 35.7 Å². The zero-order valence-electron chi connectivity index (χ0n) is 12.5. The first-order chi connectivity index (χ1) is 10.7. The molecule has 1 amide bonds. The maximum Gasteiger partial charge on any atom is 0.276 e. The van der Waals surface area contributed by atoms with Gasteiger partial charge in [-0.1, -0.05) is 17.3 Å². The second-order valence-electron chi connectivity index (χ2n) is 6.03. The molecule has 1 aromatic carbocycles. The van der Waals surface area contributed by atoms with Crippen molar-refractivity contribution in [3.63, 3.8) is 0 Å². The summed E-state index contributed by atoms with van der Waals surface area (Å²) in [7, 11) is 0. The number of carbonyl (C=O) groups is 1. The smallest absolute Gasteiger partial charge is 0.276 e. The maximum absolute atomic E-state index is 12.4. The third-order valence-electron chi connectivity index (χ3n) is 4.51. The zero-order chi connectivity index (χ0) is 15.1. The van der Waals surface area contributed by atoms with Gasteiger partial charge in [0.1, 0.15) is 11.5 Å². The summed E-state index contributed by atoms with van der Waals surface area (Å²) < 4.78 is 10.5. The standard InChI is InChI=1S/C17H18N2O3/c1-11-8-15(18-22-11)17(20)19-6-4-14(10-19)12-2-3-16-13(9-12)5-7-21-16/h2-3,8-9,14H,4-7,10H2,1H3/t14-/m1/s1. The van der Waals surface area contributed by atoms with Crippen molar-refractivity contribution in [2.45, 2.75) is 25.7 Å². The first-order valence-corrected chi connectivity index (χ1v) is 7.69. The molecular weight excluding hydrogens is 280 g/mol. The summed E-state index contributed by atoms with van der Waals surface area (Å²) >= 11 is 0. The molecule has 5 nitrogen and oxygen atoms in total. The lowest BCUT2D eigenvalue weighted by Gasteiger charge is -2.15. The number of benzene rings is 1. The van der Waals surface area contributed by atoms with Gasteiger partial charge in [-0.3, -0.25) is 4.79 Å². The average Bonchev–Trinajstić information content (AvgIpc) is 3.25. The largest absolute Gasteiger partial charge is 0.493 e. The Bertz CT molecular complexity index is 722. The molecule has 5 heteroatoms. The van der Waals surface area contributed by atoms with Crippen molar-refractivity contribution in [1.82, 2.24) is 10.1 Å². The highest BCUT2D eigenvalue weighted by Gasteiger charge is 2.30. The molecule has 2 aliphatic heterocycles. The summed E-state index contributed by atoms with van der Waals surface area (Å²) in [5.74, 6) is 2.03. The Morgan fingerprint density at radius 3 is 3.09 bits per heavy atom. The third-order valence-corrected chi connectivity index (χ3v) is 4.51. The average molecular weight is 298 g/mol. The van der Waals surface area contributed by atoms with Gasteiger partial charge in [0.2, 0.25) is 0 Å². The van der Waals surface area contributed by atoms with Crippen LogP contribution in [0.25, 0.3) is 0 Å². The molecule has 0 spiro atoms. The fourth-order valence-electron chi connectivity index (χ4n) is 3.31. The molecule has 4 rings (SSSR count). The number of likely N-dealkylation sites (tertiary alicyclic amines) is 1. The normalized spacial score (nSPS) is 20.0. The van der Waals surface area contributed by atoms with E-state index in [4.69, 9.17) is 9.26 Å². The lowest BCUT2D eigenvalue weighted by Crippen LogP contribution is -2.28. The number of rotatable bonds is 2. The minimum absolute atomic E-state index is 0.0381. The van der Waals surface area contributed by atoms with Gasteiger partial charge in [0.05, 0.1) is 6.61 Å². The van der Waals surface area contributed by atoms with E-state index in [0.717, 1.165) is 38.3 Å². The summed E-state index contributed by atoms with van der Waals surface area (Å²) in [6.45, 7) is 4.08. The minimum Gasteiger partial charge on any atom is -0.493 e. The van der Waals surface area contributed by atoms with E-state index in [0.29, 0.717) is 17.4 Å². The number of fused-ring (bicyclic) bond motifs is 1. The van der Waals surface area contributed by atoms with Gasteiger partial charge < -0.3 is 14.2 Å². The Morgan fingerprint density at radius 2 is 2.27 bits per heavy atom. The van der Waals surface area contributed by atoms with Gasteiger partial charge in [0.15, 0.2) is 5.69 Å². The molecule has 2 aliphatic rings.